The summed E-state index contributed by atoms with van der Waals surface area (Å²) < 4.78 is 11.2. The summed E-state index contributed by atoms with van der Waals surface area (Å²) in [6.07, 6.45) is 68.7. The van der Waals surface area contributed by atoms with Gasteiger partial charge in [-0.1, -0.05) is 185 Å². The quantitative estimate of drug-likeness (QED) is 0.0262. The van der Waals surface area contributed by atoms with Gasteiger partial charge in [0.25, 0.3) is 0 Å². The first-order valence-electron chi connectivity index (χ1n) is 26.2. The lowest BCUT2D eigenvalue weighted by atomic mass is 9.99. The van der Waals surface area contributed by atoms with Crippen LogP contribution in [0, 0.1) is 0 Å². The molecule has 386 valence electrons. The topological polar surface area (TPSA) is 149 Å². The summed E-state index contributed by atoms with van der Waals surface area (Å²) >= 11 is 0. The van der Waals surface area contributed by atoms with Crippen molar-refractivity contribution in [1.82, 2.24) is 5.32 Å². The second-order valence-electron chi connectivity index (χ2n) is 17.2. The van der Waals surface area contributed by atoms with Gasteiger partial charge in [-0.25, -0.2) is 0 Å². The molecule has 0 saturated carbocycles. The highest BCUT2D eigenvalue weighted by Crippen LogP contribution is 2.22. The SMILES string of the molecule is CC/C=C\C/C=C\C/C=C\C/C=C\C/C=C\C/C=C\C/C=C\C/C=C\C/C=C\C/C=C\CCCCC(=O)NC(COC1OC(CO)C(O)C(O)C1O)C(O)/C=C/CC/C=C/CC/C=C/CCCCC. The summed E-state index contributed by atoms with van der Waals surface area (Å²) in [5.74, 6) is -0.243. The molecule has 0 aliphatic carbocycles. The fourth-order valence-corrected chi connectivity index (χ4v) is 6.92. The van der Waals surface area contributed by atoms with E-state index in [-0.39, 0.29) is 18.9 Å². The van der Waals surface area contributed by atoms with Gasteiger partial charge in [0, 0.05) is 6.42 Å². The zero-order valence-electron chi connectivity index (χ0n) is 42.5. The minimum atomic E-state index is -1.59. The van der Waals surface area contributed by atoms with Gasteiger partial charge < -0.3 is 40.3 Å². The van der Waals surface area contributed by atoms with Gasteiger partial charge >= 0.3 is 0 Å². The van der Waals surface area contributed by atoms with Crippen LogP contribution in [0.5, 0.6) is 0 Å². The van der Waals surface area contributed by atoms with Crippen LogP contribution in [-0.4, -0.2) is 87.5 Å². The Balaban J connectivity index is 2.31. The number of unbranched alkanes of at least 4 members (excludes halogenated alkanes) is 7. The maximum absolute atomic E-state index is 13.0. The second-order valence-corrected chi connectivity index (χ2v) is 17.2. The molecule has 6 N–H and O–H groups in total. The average Bonchev–Trinajstić information content (AvgIpc) is 3.35. The fourth-order valence-electron chi connectivity index (χ4n) is 6.92. The summed E-state index contributed by atoms with van der Waals surface area (Å²) in [6, 6.07) is -0.863. The summed E-state index contributed by atoms with van der Waals surface area (Å²) in [5, 5.41) is 54.2. The number of hydrogen-bond acceptors (Lipinski definition) is 8. The summed E-state index contributed by atoms with van der Waals surface area (Å²) in [6.45, 7) is 3.54. The molecular formula is C60H93NO8. The van der Waals surface area contributed by atoms with Crippen molar-refractivity contribution < 1.29 is 39.8 Å². The van der Waals surface area contributed by atoms with Crippen LogP contribution in [0.1, 0.15) is 155 Å². The van der Waals surface area contributed by atoms with Crippen molar-refractivity contribution in [2.75, 3.05) is 13.2 Å². The van der Waals surface area contributed by atoms with Crippen LogP contribution >= 0.6 is 0 Å². The molecule has 7 unspecified atom stereocenters. The van der Waals surface area contributed by atoms with E-state index in [0.717, 1.165) is 103 Å². The largest absolute Gasteiger partial charge is 0.394 e. The van der Waals surface area contributed by atoms with Crippen LogP contribution in [0.25, 0.3) is 0 Å². The molecule has 0 aromatic heterocycles. The number of ether oxygens (including phenoxy) is 2. The zero-order chi connectivity index (χ0) is 50.1. The molecule has 69 heavy (non-hydrogen) atoms. The van der Waals surface area contributed by atoms with Crippen molar-refractivity contribution in [2.24, 2.45) is 0 Å². The molecule has 0 spiro atoms. The van der Waals surface area contributed by atoms with Crippen LogP contribution in [0.3, 0.4) is 0 Å². The third-order valence-corrected chi connectivity index (χ3v) is 11.1. The lowest BCUT2D eigenvalue weighted by Crippen LogP contribution is -2.60. The van der Waals surface area contributed by atoms with Crippen molar-refractivity contribution in [3.05, 3.63) is 158 Å². The van der Waals surface area contributed by atoms with Crippen molar-refractivity contribution >= 4 is 5.91 Å². The molecule has 9 nitrogen and oxygen atoms in total. The lowest BCUT2D eigenvalue weighted by Gasteiger charge is -2.40. The first kappa shape index (κ1) is 62.8. The number of rotatable bonds is 41. The Morgan fingerprint density at radius 1 is 0.507 bits per heavy atom. The summed E-state index contributed by atoms with van der Waals surface area (Å²) in [5.41, 5.74) is 0. The van der Waals surface area contributed by atoms with E-state index in [4.69, 9.17) is 9.47 Å². The van der Waals surface area contributed by atoms with E-state index >= 15 is 0 Å². The normalized spacial score (nSPS) is 20.8. The van der Waals surface area contributed by atoms with Gasteiger partial charge in [0.15, 0.2) is 6.29 Å². The van der Waals surface area contributed by atoms with Crippen LogP contribution in [-0.2, 0) is 14.3 Å². The Bertz CT molecular complexity index is 1630. The number of hydrogen-bond donors (Lipinski definition) is 6. The van der Waals surface area contributed by atoms with Crippen LogP contribution in [0.4, 0.5) is 0 Å². The molecular weight excluding hydrogens is 863 g/mol. The molecule has 0 bridgehead atoms. The number of amides is 1. The van der Waals surface area contributed by atoms with Crippen LogP contribution in [0.2, 0.25) is 0 Å². The van der Waals surface area contributed by atoms with Gasteiger partial charge in [-0.05, 0) is 122 Å². The molecule has 1 aliphatic rings. The Labute approximate surface area is 418 Å². The first-order chi connectivity index (χ1) is 33.8. The van der Waals surface area contributed by atoms with E-state index in [9.17, 15) is 30.3 Å². The number of aliphatic hydroxyl groups excluding tert-OH is 5. The Hall–Kier alpha value is -4.19. The van der Waals surface area contributed by atoms with E-state index in [1.54, 1.807) is 6.08 Å². The minimum absolute atomic E-state index is 0.235. The predicted octanol–water partition coefficient (Wildman–Crippen LogP) is 12.5. The zero-order valence-corrected chi connectivity index (χ0v) is 42.5. The van der Waals surface area contributed by atoms with E-state index in [2.05, 4.69) is 165 Å². The standard InChI is InChI=1S/C60H93NO8/c1-3-5-7-9-11-13-15-17-18-19-20-21-22-23-24-25-26-27-28-29-30-31-32-33-34-35-36-38-40-42-44-46-48-50-56(64)61-53(52-68-60-59(67)58(66)57(65)55(51-62)69-60)54(63)49-47-45-43-41-39-37-16-14-12-10-8-6-4-2/h5,7,11-14,17-18,20-21,23-24,26-27,29-30,32-33,35-36,39-42,47,49,53-55,57-60,62-63,65-67H,3-4,6,8-10,15-16,19,22,25,28,31,34,37-38,43-46,48,50-52H2,1-2H3,(H,61,64)/b7-5-,13-11-,14-12+,18-17-,21-20-,24-23-,27-26-,30-29-,33-32-,36-35-,41-39+,42-40-,49-47+. The van der Waals surface area contributed by atoms with E-state index in [1.807, 2.05) is 6.08 Å². The van der Waals surface area contributed by atoms with Crippen molar-refractivity contribution in [1.29, 1.82) is 0 Å². The van der Waals surface area contributed by atoms with Crippen LogP contribution < -0.4 is 5.32 Å². The monoisotopic (exact) mass is 956 g/mol. The Morgan fingerprint density at radius 3 is 1.33 bits per heavy atom. The van der Waals surface area contributed by atoms with Gasteiger partial charge in [0.2, 0.25) is 5.91 Å². The number of nitrogens with one attached hydrogen (secondary N) is 1. The highest BCUT2D eigenvalue weighted by Gasteiger charge is 2.44. The molecule has 1 aliphatic heterocycles. The molecule has 1 heterocycles. The molecule has 1 fully saturated rings. The van der Waals surface area contributed by atoms with E-state index < -0.39 is 49.5 Å². The van der Waals surface area contributed by atoms with Crippen LogP contribution in [0.15, 0.2) is 158 Å². The summed E-state index contributed by atoms with van der Waals surface area (Å²) in [4.78, 5) is 13.0. The molecule has 7 atom stereocenters. The molecule has 1 amide bonds. The number of carbonyl (C=O) groups excluding carboxylic acids is 1. The summed E-state index contributed by atoms with van der Waals surface area (Å²) in [7, 11) is 0. The highest BCUT2D eigenvalue weighted by molar-refractivity contribution is 5.76. The van der Waals surface area contributed by atoms with Gasteiger partial charge in [-0.2, -0.15) is 0 Å². The number of carbonyl (C=O) groups is 1. The van der Waals surface area contributed by atoms with Gasteiger partial charge in [-0.15, -0.1) is 0 Å². The lowest BCUT2D eigenvalue weighted by molar-refractivity contribution is -0.302. The third-order valence-electron chi connectivity index (χ3n) is 11.1. The second kappa shape index (κ2) is 47.5. The molecule has 0 radical (unpaired) electrons. The fraction of sp³-hybridized carbons (Fsp3) is 0.550. The molecule has 9 heteroatoms. The molecule has 0 aromatic rings. The predicted molar refractivity (Wildman–Crippen MR) is 289 cm³/mol. The Morgan fingerprint density at radius 2 is 0.899 bits per heavy atom. The minimum Gasteiger partial charge on any atom is -0.394 e. The maximum Gasteiger partial charge on any atom is 0.220 e. The van der Waals surface area contributed by atoms with Crippen molar-refractivity contribution in [3.63, 3.8) is 0 Å². The van der Waals surface area contributed by atoms with Gasteiger partial charge in [0.1, 0.15) is 24.4 Å². The number of aliphatic hydroxyl groups is 5. The van der Waals surface area contributed by atoms with Gasteiger partial charge in [0.05, 0.1) is 25.4 Å². The smallest absolute Gasteiger partial charge is 0.220 e. The Kier molecular flexibility index (Phi) is 43.2. The average molecular weight is 956 g/mol. The molecule has 0 aromatic carbocycles. The van der Waals surface area contributed by atoms with Crippen molar-refractivity contribution in [2.45, 2.75) is 198 Å². The highest BCUT2D eigenvalue weighted by atomic mass is 16.7. The van der Waals surface area contributed by atoms with E-state index in [1.165, 1.54) is 19.3 Å². The third kappa shape index (κ3) is 37.3. The van der Waals surface area contributed by atoms with E-state index in [0.29, 0.717) is 12.8 Å². The molecule has 1 rings (SSSR count). The maximum atomic E-state index is 13.0. The van der Waals surface area contributed by atoms with Gasteiger partial charge in [-0.3, -0.25) is 4.79 Å². The number of allylic oxidation sites excluding steroid dienone is 25. The van der Waals surface area contributed by atoms with Crippen molar-refractivity contribution in [3.8, 4) is 0 Å². The molecule has 1 saturated heterocycles. The first-order valence-corrected chi connectivity index (χ1v) is 26.2.